The van der Waals surface area contributed by atoms with E-state index in [1.807, 2.05) is 5.38 Å². The second kappa shape index (κ2) is 4.00. The van der Waals surface area contributed by atoms with Crippen molar-refractivity contribution in [3.05, 3.63) is 28.3 Å². The molecule has 17 heavy (non-hydrogen) atoms. The Hall–Kier alpha value is -1.62. The predicted octanol–water partition coefficient (Wildman–Crippen LogP) is 3.10. The molecule has 1 aliphatic rings. The fraction of sp³-hybridized carbons (Fsp3) is 0.333. The lowest BCUT2D eigenvalue weighted by Crippen LogP contribution is -2.07. The van der Waals surface area contributed by atoms with Gasteiger partial charge in [-0.2, -0.15) is 0 Å². The Kier molecular flexibility index (Phi) is 2.48. The summed E-state index contributed by atoms with van der Waals surface area (Å²) in [4.78, 5) is 18.1. The number of carbonyl (C=O) groups is 1. The van der Waals surface area contributed by atoms with E-state index in [-0.39, 0.29) is 5.69 Å². The van der Waals surface area contributed by atoms with Crippen LogP contribution in [-0.2, 0) is 0 Å². The highest BCUT2D eigenvalue weighted by Gasteiger charge is 2.22. The van der Waals surface area contributed by atoms with E-state index in [1.165, 1.54) is 24.3 Å². The zero-order valence-corrected chi connectivity index (χ0v) is 9.96. The van der Waals surface area contributed by atoms with Crippen molar-refractivity contribution in [3.63, 3.8) is 0 Å². The summed E-state index contributed by atoms with van der Waals surface area (Å²) in [6.45, 7) is 0. The maximum Gasteiger partial charge on any atom is 0.352 e. The van der Waals surface area contributed by atoms with Crippen LogP contribution in [0.3, 0.4) is 0 Å². The van der Waals surface area contributed by atoms with Gasteiger partial charge in [0.2, 0.25) is 0 Å². The van der Waals surface area contributed by atoms with Crippen molar-refractivity contribution in [1.82, 2.24) is 9.97 Å². The molecule has 0 aromatic carbocycles. The van der Waals surface area contributed by atoms with Crippen LogP contribution in [0.25, 0.3) is 11.3 Å². The first-order valence-electron chi connectivity index (χ1n) is 5.61. The van der Waals surface area contributed by atoms with Crippen molar-refractivity contribution >= 4 is 17.3 Å². The summed E-state index contributed by atoms with van der Waals surface area (Å²) >= 11 is 1.67. The van der Waals surface area contributed by atoms with Crippen molar-refractivity contribution in [1.29, 1.82) is 0 Å². The van der Waals surface area contributed by atoms with Gasteiger partial charge in [0.1, 0.15) is 5.69 Å². The molecule has 0 atom stereocenters. The second-order valence-electron chi connectivity index (χ2n) is 4.31. The molecule has 1 fully saturated rings. The maximum atomic E-state index is 10.8. The lowest BCUT2D eigenvalue weighted by atomic mass is 9.86. The molecule has 4 nitrogen and oxygen atoms in total. The summed E-state index contributed by atoms with van der Waals surface area (Å²) in [5, 5.41) is 12.0. The Labute approximate surface area is 102 Å². The second-order valence-corrected chi connectivity index (χ2v) is 5.20. The number of aromatic amines is 1. The number of carboxylic acids is 1. The van der Waals surface area contributed by atoms with Crippen molar-refractivity contribution in [2.24, 2.45) is 0 Å². The average Bonchev–Trinajstić information content (AvgIpc) is 2.80. The van der Waals surface area contributed by atoms with E-state index in [9.17, 15) is 4.79 Å². The minimum absolute atomic E-state index is 0.207. The van der Waals surface area contributed by atoms with Gasteiger partial charge in [0.15, 0.2) is 0 Å². The van der Waals surface area contributed by atoms with Gasteiger partial charge in [-0.25, -0.2) is 9.78 Å². The van der Waals surface area contributed by atoms with E-state index >= 15 is 0 Å². The van der Waals surface area contributed by atoms with Gasteiger partial charge in [-0.15, -0.1) is 11.3 Å². The van der Waals surface area contributed by atoms with Crippen LogP contribution < -0.4 is 0 Å². The van der Waals surface area contributed by atoms with E-state index in [2.05, 4.69) is 9.97 Å². The third-order valence-electron chi connectivity index (χ3n) is 3.19. The zero-order valence-electron chi connectivity index (χ0n) is 9.14. The van der Waals surface area contributed by atoms with E-state index in [4.69, 9.17) is 5.11 Å². The van der Waals surface area contributed by atoms with Crippen LogP contribution in [0.2, 0.25) is 0 Å². The summed E-state index contributed by atoms with van der Waals surface area (Å²) in [6.07, 6.45) is 5.47. The Morgan fingerprint density at radius 1 is 1.53 bits per heavy atom. The normalized spacial score (nSPS) is 15.8. The van der Waals surface area contributed by atoms with E-state index < -0.39 is 5.97 Å². The first kappa shape index (κ1) is 10.5. The number of hydrogen-bond acceptors (Lipinski definition) is 3. The Bertz CT molecular complexity index is 554. The van der Waals surface area contributed by atoms with Crippen LogP contribution in [-0.4, -0.2) is 21.0 Å². The van der Waals surface area contributed by atoms with Gasteiger partial charge in [0.05, 0.1) is 10.7 Å². The Balaban J connectivity index is 1.87. The molecule has 0 aliphatic heterocycles. The molecule has 2 N–H and O–H groups in total. The van der Waals surface area contributed by atoms with Crippen LogP contribution in [0.4, 0.5) is 0 Å². The molecule has 0 saturated heterocycles. The standard InChI is InChI=1S/C12H12N2O2S/c15-12(16)9-4-8(5-13-9)10-6-17-11(14-10)7-2-1-3-7/h4-7,13H,1-3H2,(H,15,16). The predicted molar refractivity (Wildman–Crippen MR) is 65.5 cm³/mol. The molecule has 5 heteroatoms. The summed E-state index contributed by atoms with van der Waals surface area (Å²) in [5.41, 5.74) is 1.93. The highest BCUT2D eigenvalue weighted by atomic mass is 32.1. The molecule has 88 valence electrons. The first-order valence-corrected chi connectivity index (χ1v) is 6.49. The van der Waals surface area contributed by atoms with Crippen LogP contribution in [0.15, 0.2) is 17.6 Å². The number of H-pyrrole nitrogens is 1. The third-order valence-corrected chi connectivity index (χ3v) is 4.19. The molecule has 3 rings (SSSR count). The molecule has 2 aromatic heterocycles. The van der Waals surface area contributed by atoms with Crippen molar-refractivity contribution in [2.75, 3.05) is 0 Å². The minimum atomic E-state index is -0.939. The maximum absolute atomic E-state index is 10.8. The molecule has 2 aromatic rings. The number of thiazole rings is 1. The fourth-order valence-corrected chi connectivity index (χ4v) is 2.93. The smallest absolute Gasteiger partial charge is 0.352 e. The number of hydrogen-bond donors (Lipinski definition) is 2. The number of carboxylic acid groups (broad SMARTS) is 1. The van der Waals surface area contributed by atoms with Crippen LogP contribution >= 0.6 is 11.3 Å². The van der Waals surface area contributed by atoms with Crippen molar-refractivity contribution < 1.29 is 9.90 Å². The summed E-state index contributed by atoms with van der Waals surface area (Å²) in [6, 6.07) is 1.63. The fourth-order valence-electron chi connectivity index (χ4n) is 1.93. The van der Waals surface area contributed by atoms with Gasteiger partial charge in [-0.05, 0) is 18.9 Å². The van der Waals surface area contributed by atoms with Crippen molar-refractivity contribution in [3.8, 4) is 11.3 Å². The van der Waals surface area contributed by atoms with E-state index in [1.54, 1.807) is 23.6 Å². The van der Waals surface area contributed by atoms with E-state index in [0.717, 1.165) is 11.3 Å². The van der Waals surface area contributed by atoms with Gasteiger partial charge in [-0.3, -0.25) is 0 Å². The number of nitrogens with zero attached hydrogens (tertiary/aromatic N) is 1. The quantitative estimate of drug-likeness (QED) is 0.877. The Morgan fingerprint density at radius 3 is 2.94 bits per heavy atom. The number of rotatable bonds is 3. The Morgan fingerprint density at radius 2 is 2.35 bits per heavy atom. The van der Waals surface area contributed by atoms with E-state index in [0.29, 0.717) is 5.92 Å². The van der Waals surface area contributed by atoms with Crippen LogP contribution in [0.5, 0.6) is 0 Å². The zero-order chi connectivity index (χ0) is 11.8. The highest BCUT2D eigenvalue weighted by Crippen LogP contribution is 2.39. The molecule has 1 aliphatic carbocycles. The van der Waals surface area contributed by atoms with Gasteiger partial charge in [-0.1, -0.05) is 6.42 Å². The molecule has 1 saturated carbocycles. The lowest BCUT2D eigenvalue weighted by Gasteiger charge is -2.22. The summed E-state index contributed by atoms with van der Waals surface area (Å²) in [5.74, 6) is -0.308. The topological polar surface area (TPSA) is 66.0 Å². The van der Waals surface area contributed by atoms with Gasteiger partial charge in [0, 0.05) is 23.1 Å². The minimum Gasteiger partial charge on any atom is -0.477 e. The molecule has 0 amide bonds. The van der Waals surface area contributed by atoms with Gasteiger partial charge >= 0.3 is 5.97 Å². The first-order chi connectivity index (χ1) is 8.24. The largest absolute Gasteiger partial charge is 0.477 e. The number of nitrogens with one attached hydrogen (secondary N) is 1. The van der Waals surface area contributed by atoms with Gasteiger partial charge in [0.25, 0.3) is 0 Å². The summed E-state index contributed by atoms with van der Waals surface area (Å²) in [7, 11) is 0. The average molecular weight is 248 g/mol. The SMILES string of the molecule is O=C(O)c1cc(-c2csc(C3CCC3)n2)c[nH]1. The number of aromatic carboxylic acids is 1. The monoisotopic (exact) mass is 248 g/mol. The molecular weight excluding hydrogens is 236 g/mol. The molecule has 0 unspecified atom stereocenters. The molecule has 0 spiro atoms. The van der Waals surface area contributed by atoms with Gasteiger partial charge < -0.3 is 10.1 Å². The van der Waals surface area contributed by atoms with Crippen LogP contribution in [0, 0.1) is 0 Å². The molecule has 0 bridgehead atoms. The summed E-state index contributed by atoms with van der Waals surface area (Å²) < 4.78 is 0. The third kappa shape index (κ3) is 1.86. The molecule has 2 heterocycles. The lowest BCUT2D eigenvalue weighted by molar-refractivity contribution is 0.0691. The van der Waals surface area contributed by atoms with Crippen LogP contribution in [0.1, 0.15) is 40.7 Å². The molecular formula is C12H12N2O2S. The highest BCUT2D eigenvalue weighted by molar-refractivity contribution is 7.10. The van der Waals surface area contributed by atoms with Crippen molar-refractivity contribution in [2.45, 2.75) is 25.2 Å². The molecule has 0 radical (unpaired) electrons. The number of aromatic nitrogens is 2.